The second-order valence-corrected chi connectivity index (χ2v) is 7.89. The number of morpholine rings is 1. The van der Waals surface area contributed by atoms with Gasteiger partial charge in [-0.05, 0) is 30.5 Å². The average Bonchev–Trinajstić information content (AvgIpc) is 2.82. The molecule has 1 aromatic heterocycles. The molecule has 1 aliphatic heterocycles. The number of hydrogen-bond donors (Lipinski definition) is 2. The van der Waals surface area contributed by atoms with Crippen molar-refractivity contribution in [1.82, 2.24) is 15.4 Å². The average molecular weight is 426 g/mol. The van der Waals surface area contributed by atoms with Crippen LogP contribution in [0.2, 0.25) is 0 Å². The van der Waals surface area contributed by atoms with E-state index in [1.165, 1.54) is 5.56 Å². The van der Waals surface area contributed by atoms with E-state index < -0.39 is 0 Å². The van der Waals surface area contributed by atoms with Gasteiger partial charge in [-0.3, -0.25) is 24.7 Å². The van der Waals surface area contributed by atoms with Crippen molar-refractivity contribution in [3.63, 3.8) is 0 Å². The van der Waals surface area contributed by atoms with E-state index in [4.69, 9.17) is 9.94 Å². The molecule has 1 saturated heterocycles. The first kappa shape index (κ1) is 23.1. The molecule has 7 nitrogen and oxygen atoms in total. The van der Waals surface area contributed by atoms with Crippen LogP contribution in [0.5, 0.6) is 0 Å². The number of ketones is 1. The predicted molar refractivity (Wildman–Crippen MR) is 118 cm³/mol. The number of Topliss-reactive ketones (excluding diaryl/α,β-unsaturated/α-hetero) is 1. The van der Waals surface area contributed by atoms with Gasteiger partial charge in [0.2, 0.25) is 5.91 Å². The summed E-state index contributed by atoms with van der Waals surface area (Å²) in [6.07, 6.45) is 5.68. The zero-order valence-electron chi connectivity index (χ0n) is 17.9. The maximum Gasteiger partial charge on any atom is 0.243 e. The van der Waals surface area contributed by atoms with E-state index in [0.717, 1.165) is 63.4 Å². The van der Waals surface area contributed by atoms with E-state index in [9.17, 15) is 9.59 Å². The molecule has 0 spiro atoms. The fraction of sp³-hybridized carbons (Fsp3) is 0.458. The normalized spacial score (nSPS) is 14.4. The van der Waals surface area contributed by atoms with E-state index >= 15 is 0 Å². The number of carbonyl (C=O) groups is 2. The first-order valence-corrected chi connectivity index (χ1v) is 11.0. The molecule has 2 N–H and O–H groups in total. The summed E-state index contributed by atoms with van der Waals surface area (Å²) in [5.74, 6) is -0.276. The second kappa shape index (κ2) is 12.3. The zero-order chi connectivity index (χ0) is 21.9. The number of nitrogens with zero attached hydrogens (tertiary/aromatic N) is 2. The van der Waals surface area contributed by atoms with Crippen LogP contribution in [-0.2, 0) is 16.1 Å². The predicted octanol–water partition coefficient (Wildman–Crippen LogP) is 3.61. The number of ether oxygens (including phenoxy) is 1. The Hall–Kier alpha value is -2.61. The number of aromatic nitrogens is 1. The molecule has 0 aliphatic carbocycles. The van der Waals surface area contributed by atoms with Gasteiger partial charge in [-0.2, -0.15) is 0 Å². The third-order valence-electron chi connectivity index (χ3n) is 5.53. The molecule has 0 atom stereocenters. The summed E-state index contributed by atoms with van der Waals surface area (Å²) in [5.41, 5.74) is 5.43. The number of benzene rings is 1. The van der Waals surface area contributed by atoms with Crippen molar-refractivity contribution in [1.29, 1.82) is 0 Å². The first-order chi connectivity index (χ1) is 15.2. The van der Waals surface area contributed by atoms with Crippen LogP contribution in [0.4, 0.5) is 0 Å². The fourth-order valence-corrected chi connectivity index (χ4v) is 3.65. The highest BCUT2D eigenvalue weighted by atomic mass is 16.5. The molecular formula is C24H31N3O4. The largest absolute Gasteiger partial charge is 0.379 e. The number of hydrogen-bond acceptors (Lipinski definition) is 6. The number of unbranched alkanes of at least 4 members (excludes halogenated alkanes) is 3. The minimum atomic E-state index is -0.367. The number of nitrogens with one attached hydrogen (secondary N) is 1. The summed E-state index contributed by atoms with van der Waals surface area (Å²) in [5, 5.41) is 8.45. The Bertz CT molecular complexity index is 831. The van der Waals surface area contributed by atoms with Crippen molar-refractivity contribution in [3.8, 4) is 11.3 Å². The lowest BCUT2D eigenvalue weighted by Gasteiger charge is -2.26. The summed E-state index contributed by atoms with van der Waals surface area (Å²) >= 11 is 0. The van der Waals surface area contributed by atoms with Crippen LogP contribution in [-0.4, -0.2) is 53.1 Å². The van der Waals surface area contributed by atoms with Gasteiger partial charge in [0.1, 0.15) is 0 Å². The van der Waals surface area contributed by atoms with E-state index in [1.54, 1.807) is 11.7 Å². The molecule has 0 bridgehead atoms. The quantitative estimate of drug-likeness (QED) is 0.247. The fourth-order valence-electron chi connectivity index (χ4n) is 3.65. The van der Waals surface area contributed by atoms with Crippen molar-refractivity contribution >= 4 is 11.7 Å². The third-order valence-corrected chi connectivity index (χ3v) is 5.53. The van der Waals surface area contributed by atoms with Crippen LogP contribution >= 0.6 is 0 Å². The molecule has 31 heavy (non-hydrogen) atoms. The van der Waals surface area contributed by atoms with E-state index in [2.05, 4.69) is 34.1 Å². The van der Waals surface area contributed by atoms with Gasteiger partial charge >= 0.3 is 0 Å². The SMILES string of the molecule is O=C(CCCCCCC(=O)c1ccc(-c2ccc(CN3CCOCC3)cc2)nc1)NO. The molecular weight excluding hydrogens is 394 g/mol. The standard InChI is InChI=1S/C24H31N3O4/c28-23(5-3-1-2-4-6-24(29)26-30)21-11-12-22(25-17-21)20-9-7-19(8-10-20)18-27-13-15-31-16-14-27/h7-12,17,30H,1-6,13-16,18H2,(H,26,29). The molecule has 1 aromatic carbocycles. The van der Waals surface area contributed by atoms with E-state index in [1.807, 2.05) is 12.1 Å². The van der Waals surface area contributed by atoms with Gasteiger partial charge in [0, 0.05) is 49.8 Å². The van der Waals surface area contributed by atoms with Gasteiger partial charge in [-0.15, -0.1) is 0 Å². The second-order valence-electron chi connectivity index (χ2n) is 7.89. The van der Waals surface area contributed by atoms with Crippen molar-refractivity contribution in [2.45, 2.75) is 45.1 Å². The summed E-state index contributed by atoms with van der Waals surface area (Å²) in [4.78, 5) is 30.2. The minimum absolute atomic E-state index is 0.0908. The zero-order valence-corrected chi connectivity index (χ0v) is 17.9. The molecule has 1 amide bonds. The van der Waals surface area contributed by atoms with E-state index in [0.29, 0.717) is 24.8 Å². The molecule has 2 aromatic rings. The maximum absolute atomic E-state index is 12.4. The first-order valence-electron chi connectivity index (χ1n) is 11.0. The summed E-state index contributed by atoms with van der Waals surface area (Å²) in [6.45, 7) is 4.48. The lowest BCUT2D eigenvalue weighted by Crippen LogP contribution is -2.35. The molecule has 0 radical (unpaired) electrons. The molecule has 1 aliphatic rings. The number of hydroxylamine groups is 1. The van der Waals surface area contributed by atoms with Crippen molar-refractivity contribution in [2.24, 2.45) is 0 Å². The Labute approximate surface area is 183 Å². The van der Waals surface area contributed by atoms with Gasteiger partial charge in [-0.1, -0.05) is 37.1 Å². The Morgan fingerprint density at radius 3 is 2.32 bits per heavy atom. The van der Waals surface area contributed by atoms with Crippen LogP contribution < -0.4 is 5.48 Å². The van der Waals surface area contributed by atoms with Crippen LogP contribution in [0, 0.1) is 0 Å². The number of pyridine rings is 1. The number of amides is 1. The molecule has 7 heteroatoms. The van der Waals surface area contributed by atoms with Gasteiger partial charge in [0.15, 0.2) is 5.78 Å². The third kappa shape index (κ3) is 7.54. The van der Waals surface area contributed by atoms with Crippen molar-refractivity contribution in [3.05, 3.63) is 53.7 Å². The summed E-state index contributed by atoms with van der Waals surface area (Å²) < 4.78 is 5.39. The molecule has 1 fully saturated rings. The Kier molecular flexibility index (Phi) is 9.15. The monoisotopic (exact) mass is 425 g/mol. The van der Waals surface area contributed by atoms with Crippen LogP contribution in [0.3, 0.4) is 0 Å². The smallest absolute Gasteiger partial charge is 0.243 e. The Balaban J connectivity index is 1.43. The van der Waals surface area contributed by atoms with Gasteiger partial charge < -0.3 is 4.74 Å². The molecule has 2 heterocycles. The van der Waals surface area contributed by atoms with Crippen LogP contribution in [0.15, 0.2) is 42.6 Å². The number of carbonyl (C=O) groups excluding carboxylic acids is 2. The highest BCUT2D eigenvalue weighted by molar-refractivity contribution is 5.95. The Morgan fingerprint density at radius 2 is 1.68 bits per heavy atom. The lowest BCUT2D eigenvalue weighted by molar-refractivity contribution is -0.129. The lowest BCUT2D eigenvalue weighted by atomic mass is 10.0. The molecule has 166 valence electrons. The van der Waals surface area contributed by atoms with Crippen molar-refractivity contribution in [2.75, 3.05) is 26.3 Å². The topological polar surface area (TPSA) is 91.8 Å². The van der Waals surface area contributed by atoms with E-state index in [-0.39, 0.29) is 11.7 Å². The molecule has 3 rings (SSSR count). The number of rotatable bonds is 11. The molecule has 0 saturated carbocycles. The van der Waals surface area contributed by atoms with Gasteiger partial charge in [-0.25, -0.2) is 5.48 Å². The summed E-state index contributed by atoms with van der Waals surface area (Å²) in [6, 6.07) is 12.2. The highest BCUT2D eigenvalue weighted by Gasteiger charge is 2.11. The van der Waals surface area contributed by atoms with Crippen molar-refractivity contribution < 1.29 is 19.5 Å². The molecule has 0 unspecified atom stereocenters. The van der Waals surface area contributed by atoms with Gasteiger partial charge in [0.25, 0.3) is 0 Å². The van der Waals surface area contributed by atoms with Gasteiger partial charge in [0.05, 0.1) is 18.9 Å². The minimum Gasteiger partial charge on any atom is -0.379 e. The maximum atomic E-state index is 12.4. The Morgan fingerprint density at radius 1 is 0.968 bits per heavy atom. The summed E-state index contributed by atoms with van der Waals surface area (Å²) in [7, 11) is 0. The van der Waals surface area contributed by atoms with Crippen LogP contribution in [0.1, 0.15) is 54.4 Å². The van der Waals surface area contributed by atoms with Crippen LogP contribution in [0.25, 0.3) is 11.3 Å². The highest BCUT2D eigenvalue weighted by Crippen LogP contribution is 2.19.